The molecule has 0 saturated heterocycles. The monoisotopic (exact) mass is 165 g/mol. The summed E-state index contributed by atoms with van der Waals surface area (Å²) in [7, 11) is -1.73. The smallest absolute Gasteiger partial charge is 0.362 e. The van der Waals surface area contributed by atoms with E-state index in [1.54, 1.807) is 13.8 Å². The SMILES string of the molecule is CC(C)[P+](=O)OC(C)(C)O. The zero-order chi connectivity index (χ0) is 8.36. The van der Waals surface area contributed by atoms with Gasteiger partial charge in [-0.15, -0.1) is 4.52 Å². The van der Waals surface area contributed by atoms with Gasteiger partial charge in [0.15, 0.2) is 5.66 Å². The van der Waals surface area contributed by atoms with E-state index in [1.807, 2.05) is 0 Å². The second-order valence-corrected chi connectivity index (χ2v) is 4.70. The number of rotatable bonds is 3. The van der Waals surface area contributed by atoms with E-state index in [1.165, 1.54) is 13.8 Å². The molecule has 0 heterocycles. The van der Waals surface area contributed by atoms with E-state index >= 15 is 0 Å². The van der Waals surface area contributed by atoms with Crippen molar-refractivity contribution in [1.29, 1.82) is 0 Å². The third-order valence-electron chi connectivity index (χ3n) is 0.735. The van der Waals surface area contributed by atoms with Gasteiger partial charge < -0.3 is 5.11 Å². The third kappa shape index (κ3) is 4.86. The maximum Gasteiger partial charge on any atom is 0.513 e. The van der Waals surface area contributed by atoms with Crippen LogP contribution in [0.5, 0.6) is 0 Å². The molecule has 10 heavy (non-hydrogen) atoms. The molecule has 0 aromatic heterocycles. The minimum absolute atomic E-state index is 0.0403. The standard InChI is InChI=1S/C6H14O3P/c1-5(2)10(8)9-6(3,4)7/h5,7H,1-4H3/q+1. The highest BCUT2D eigenvalue weighted by atomic mass is 31.1. The average molecular weight is 165 g/mol. The Morgan fingerprint density at radius 3 is 2.00 bits per heavy atom. The number of hydrogen-bond donors (Lipinski definition) is 1. The zero-order valence-electron chi connectivity index (χ0n) is 6.79. The molecule has 0 aliphatic rings. The van der Waals surface area contributed by atoms with Crippen molar-refractivity contribution in [1.82, 2.24) is 0 Å². The van der Waals surface area contributed by atoms with Gasteiger partial charge in [0.1, 0.15) is 0 Å². The van der Waals surface area contributed by atoms with Gasteiger partial charge in [0.25, 0.3) is 0 Å². The van der Waals surface area contributed by atoms with E-state index in [4.69, 9.17) is 9.63 Å². The lowest BCUT2D eigenvalue weighted by Gasteiger charge is -2.08. The summed E-state index contributed by atoms with van der Waals surface area (Å²) in [6.07, 6.45) is 0. The van der Waals surface area contributed by atoms with Crippen molar-refractivity contribution < 1.29 is 14.2 Å². The predicted molar refractivity (Wildman–Crippen MR) is 40.1 cm³/mol. The first-order valence-corrected chi connectivity index (χ1v) is 4.45. The molecule has 0 amide bonds. The fraction of sp³-hybridized carbons (Fsp3) is 1.00. The van der Waals surface area contributed by atoms with Crippen molar-refractivity contribution in [2.45, 2.75) is 39.1 Å². The summed E-state index contributed by atoms with van der Waals surface area (Å²) in [6, 6.07) is 0. The Morgan fingerprint density at radius 2 is 1.90 bits per heavy atom. The van der Waals surface area contributed by atoms with Crippen molar-refractivity contribution in [3.8, 4) is 0 Å². The van der Waals surface area contributed by atoms with Crippen LogP contribution in [0.3, 0.4) is 0 Å². The Hall–Kier alpha value is 0.0200. The van der Waals surface area contributed by atoms with Crippen LogP contribution in [0.2, 0.25) is 0 Å². The van der Waals surface area contributed by atoms with Crippen LogP contribution >= 0.6 is 8.03 Å². The van der Waals surface area contributed by atoms with Gasteiger partial charge >= 0.3 is 8.03 Å². The Bertz CT molecular complexity index is 125. The molecule has 3 nitrogen and oxygen atoms in total. The average Bonchev–Trinajstić information content (AvgIpc) is 1.60. The van der Waals surface area contributed by atoms with Gasteiger partial charge in [0, 0.05) is 0 Å². The molecule has 1 N–H and O–H groups in total. The fourth-order valence-corrected chi connectivity index (χ4v) is 0.977. The van der Waals surface area contributed by atoms with Crippen LogP contribution in [0.25, 0.3) is 0 Å². The maximum absolute atomic E-state index is 10.9. The van der Waals surface area contributed by atoms with Crippen LogP contribution in [0.15, 0.2) is 0 Å². The highest BCUT2D eigenvalue weighted by molar-refractivity contribution is 7.39. The Balaban J connectivity index is 3.81. The van der Waals surface area contributed by atoms with Crippen molar-refractivity contribution in [2.24, 2.45) is 0 Å². The molecule has 1 atom stereocenters. The van der Waals surface area contributed by atoms with Crippen LogP contribution < -0.4 is 0 Å². The molecule has 0 aromatic carbocycles. The first-order chi connectivity index (χ1) is 4.33. The largest absolute Gasteiger partial charge is 0.513 e. The summed E-state index contributed by atoms with van der Waals surface area (Å²) in [6.45, 7) is 6.49. The molecular weight excluding hydrogens is 151 g/mol. The maximum atomic E-state index is 10.9. The van der Waals surface area contributed by atoms with Crippen molar-refractivity contribution in [3.05, 3.63) is 0 Å². The molecule has 1 unspecified atom stereocenters. The van der Waals surface area contributed by atoms with Crippen LogP contribution in [0, 0.1) is 0 Å². The van der Waals surface area contributed by atoms with Crippen molar-refractivity contribution in [3.63, 3.8) is 0 Å². The summed E-state index contributed by atoms with van der Waals surface area (Å²) < 4.78 is 15.7. The second kappa shape index (κ2) is 3.42. The summed E-state index contributed by atoms with van der Waals surface area (Å²) >= 11 is 0. The van der Waals surface area contributed by atoms with Crippen LogP contribution in [-0.2, 0) is 9.09 Å². The van der Waals surface area contributed by atoms with Gasteiger partial charge in [-0.2, -0.15) is 0 Å². The highest BCUT2D eigenvalue weighted by Crippen LogP contribution is 2.33. The van der Waals surface area contributed by atoms with Crippen LogP contribution in [0.4, 0.5) is 0 Å². The molecule has 0 aliphatic heterocycles. The first kappa shape index (κ1) is 10.0. The first-order valence-electron chi connectivity index (χ1n) is 3.21. The summed E-state index contributed by atoms with van der Waals surface area (Å²) in [5.41, 5.74) is -0.0403. The fourth-order valence-electron chi connectivity index (χ4n) is 0.326. The summed E-state index contributed by atoms with van der Waals surface area (Å²) in [5, 5.41) is 9.03. The van der Waals surface area contributed by atoms with Crippen LogP contribution in [-0.4, -0.2) is 16.6 Å². The minimum Gasteiger partial charge on any atom is -0.362 e. The predicted octanol–water partition coefficient (Wildman–Crippen LogP) is 1.88. The minimum atomic E-state index is -1.73. The Labute approximate surface area is 62.3 Å². The van der Waals surface area contributed by atoms with Crippen LogP contribution in [0.1, 0.15) is 27.7 Å². The molecule has 0 bridgehead atoms. The molecule has 0 saturated carbocycles. The van der Waals surface area contributed by atoms with Gasteiger partial charge in [-0.05, 0) is 32.3 Å². The Morgan fingerprint density at radius 1 is 1.50 bits per heavy atom. The summed E-state index contributed by atoms with van der Waals surface area (Å²) in [4.78, 5) is 0. The molecule has 0 radical (unpaired) electrons. The molecule has 0 spiro atoms. The van der Waals surface area contributed by atoms with E-state index in [-0.39, 0.29) is 5.66 Å². The quantitative estimate of drug-likeness (QED) is 0.513. The lowest BCUT2D eigenvalue weighted by Crippen LogP contribution is -2.20. The normalized spacial score (nSPS) is 14.0. The number of hydrogen-bond acceptors (Lipinski definition) is 3. The highest BCUT2D eigenvalue weighted by Gasteiger charge is 2.32. The van der Waals surface area contributed by atoms with Gasteiger partial charge in [0.05, 0.1) is 0 Å². The second-order valence-electron chi connectivity index (χ2n) is 2.92. The Kier molecular flexibility index (Phi) is 3.43. The molecule has 0 aliphatic carbocycles. The van der Waals surface area contributed by atoms with Gasteiger partial charge in [0.2, 0.25) is 5.79 Å². The lowest BCUT2D eigenvalue weighted by atomic mass is 10.4. The van der Waals surface area contributed by atoms with Gasteiger partial charge in [-0.3, -0.25) is 0 Å². The lowest BCUT2D eigenvalue weighted by molar-refractivity contribution is -0.0996. The van der Waals surface area contributed by atoms with E-state index < -0.39 is 13.8 Å². The zero-order valence-corrected chi connectivity index (χ0v) is 7.68. The molecule has 60 valence electrons. The molecule has 0 fully saturated rings. The summed E-state index contributed by atoms with van der Waals surface area (Å²) in [5.74, 6) is -1.28. The van der Waals surface area contributed by atoms with E-state index in [9.17, 15) is 4.57 Å². The molecule has 0 aromatic rings. The topological polar surface area (TPSA) is 46.5 Å². The number of aliphatic hydroxyl groups is 1. The third-order valence-corrected chi connectivity index (χ3v) is 2.21. The van der Waals surface area contributed by atoms with Gasteiger partial charge in [-0.25, -0.2) is 0 Å². The molecule has 4 heteroatoms. The van der Waals surface area contributed by atoms with Crippen molar-refractivity contribution in [2.75, 3.05) is 0 Å². The van der Waals surface area contributed by atoms with E-state index in [0.29, 0.717) is 0 Å². The van der Waals surface area contributed by atoms with Gasteiger partial charge in [-0.1, -0.05) is 0 Å². The van der Waals surface area contributed by atoms with Crippen molar-refractivity contribution >= 4 is 8.03 Å². The van der Waals surface area contributed by atoms with E-state index in [0.717, 1.165) is 0 Å². The molecule has 0 rings (SSSR count). The van der Waals surface area contributed by atoms with E-state index in [2.05, 4.69) is 0 Å². The molecular formula is C6H14O3P+.